The lowest BCUT2D eigenvalue weighted by atomic mass is 9.77. The van der Waals surface area contributed by atoms with Crippen LogP contribution in [-0.4, -0.2) is 47.3 Å². The molecule has 3 aliphatic rings. The van der Waals surface area contributed by atoms with Crippen molar-refractivity contribution in [1.29, 1.82) is 0 Å². The van der Waals surface area contributed by atoms with E-state index < -0.39 is 0 Å². The van der Waals surface area contributed by atoms with Crippen LogP contribution < -0.4 is 9.47 Å². The minimum absolute atomic E-state index is 0.0492. The predicted octanol–water partition coefficient (Wildman–Crippen LogP) is 2.30. The summed E-state index contributed by atoms with van der Waals surface area (Å²) >= 11 is 0. The van der Waals surface area contributed by atoms with E-state index in [1.54, 1.807) is 0 Å². The highest BCUT2D eigenvalue weighted by Crippen LogP contribution is 2.44. The van der Waals surface area contributed by atoms with Crippen LogP contribution in [-0.2, 0) is 11.8 Å². The molecule has 1 aromatic heterocycles. The summed E-state index contributed by atoms with van der Waals surface area (Å²) in [4.78, 5) is 15.1. The molecule has 5 rings (SSSR count). The van der Waals surface area contributed by atoms with E-state index in [0.29, 0.717) is 24.5 Å². The second-order valence-electron chi connectivity index (χ2n) is 7.24. The van der Waals surface area contributed by atoms with Crippen LogP contribution in [0.15, 0.2) is 24.4 Å². The average molecular weight is 339 g/mol. The number of aromatic amines is 1. The molecule has 1 N–H and O–H groups in total. The second-order valence-corrected chi connectivity index (χ2v) is 7.24. The van der Waals surface area contributed by atoms with Gasteiger partial charge in [-0.1, -0.05) is 0 Å². The van der Waals surface area contributed by atoms with E-state index in [2.05, 4.69) is 10.2 Å². The van der Waals surface area contributed by atoms with Crippen molar-refractivity contribution in [3.63, 3.8) is 0 Å². The number of amides is 1. The fourth-order valence-corrected chi connectivity index (χ4v) is 4.53. The van der Waals surface area contributed by atoms with Gasteiger partial charge in [-0.3, -0.25) is 9.89 Å². The number of aromatic nitrogens is 2. The summed E-state index contributed by atoms with van der Waals surface area (Å²) in [6.07, 6.45) is 6.23. The molecular weight excluding hydrogens is 318 g/mol. The summed E-state index contributed by atoms with van der Waals surface area (Å²) in [6, 6.07) is 5.49. The highest BCUT2D eigenvalue weighted by molar-refractivity contribution is 5.95. The number of piperidine rings is 1. The SMILES string of the molecule is O=C(c1ccc2c(c1)OCCO2)N1CCCC2(CCc3cn[nH]c32)C1. The van der Waals surface area contributed by atoms with Gasteiger partial charge in [0, 0.05) is 29.8 Å². The predicted molar refractivity (Wildman–Crippen MR) is 91.2 cm³/mol. The zero-order valence-electron chi connectivity index (χ0n) is 14.1. The molecule has 1 unspecified atom stereocenters. The first-order valence-electron chi connectivity index (χ1n) is 8.97. The van der Waals surface area contributed by atoms with Crippen molar-refractivity contribution < 1.29 is 14.3 Å². The molecule has 2 aliphatic heterocycles. The van der Waals surface area contributed by atoms with Crippen molar-refractivity contribution in [2.75, 3.05) is 26.3 Å². The number of H-pyrrole nitrogens is 1. The van der Waals surface area contributed by atoms with Crippen LogP contribution in [0.25, 0.3) is 0 Å². The first kappa shape index (κ1) is 14.8. The third-order valence-electron chi connectivity index (χ3n) is 5.77. The Bertz CT molecular complexity index is 831. The summed E-state index contributed by atoms with van der Waals surface area (Å²) in [5.74, 6) is 1.46. The van der Waals surface area contributed by atoms with Crippen LogP contribution >= 0.6 is 0 Å². The average Bonchev–Trinajstić information content (AvgIpc) is 3.26. The number of ether oxygens (including phenoxy) is 2. The van der Waals surface area contributed by atoms with E-state index in [4.69, 9.17) is 9.47 Å². The maximum atomic E-state index is 13.1. The Labute approximate surface area is 146 Å². The Morgan fingerprint density at radius 3 is 3.00 bits per heavy atom. The van der Waals surface area contributed by atoms with E-state index in [1.807, 2.05) is 29.3 Å². The van der Waals surface area contributed by atoms with Gasteiger partial charge in [0.25, 0.3) is 5.91 Å². The first-order chi connectivity index (χ1) is 12.3. The number of rotatable bonds is 1. The first-order valence-corrected chi connectivity index (χ1v) is 8.97. The lowest BCUT2D eigenvalue weighted by Crippen LogP contribution is -2.47. The maximum Gasteiger partial charge on any atom is 0.254 e. The standard InChI is InChI=1S/C19H21N3O3/c23-18(13-2-3-15-16(10-13)25-9-8-24-15)22-7-1-5-19(12-22)6-4-14-11-20-21-17(14)19/h2-3,10-11H,1,4-9,12H2,(H,20,21). The molecule has 6 nitrogen and oxygen atoms in total. The largest absolute Gasteiger partial charge is 0.486 e. The number of hydrogen-bond acceptors (Lipinski definition) is 4. The normalized spacial score (nSPS) is 24.4. The van der Waals surface area contributed by atoms with Gasteiger partial charge in [0.1, 0.15) is 13.2 Å². The van der Waals surface area contributed by atoms with Gasteiger partial charge in [-0.25, -0.2) is 0 Å². The molecule has 1 fully saturated rings. The summed E-state index contributed by atoms with van der Waals surface area (Å²) in [7, 11) is 0. The van der Waals surface area contributed by atoms with Crippen LogP contribution in [0.1, 0.15) is 40.9 Å². The third-order valence-corrected chi connectivity index (χ3v) is 5.77. The van der Waals surface area contributed by atoms with Crippen molar-refractivity contribution >= 4 is 5.91 Å². The van der Waals surface area contributed by atoms with E-state index in [-0.39, 0.29) is 11.3 Å². The van der Waals surface area contributed by atoms with Crippen LogP contribution in [0.3, 0.4) is 0 Å². The zero-order chi connectivity index (χ0) is 16.9. The lowest BCUT2D eigenvalue weighted by Gasteiger charge is -2.40. The molecule has 1 atom stereocenters. The number of hydrogen-bond donors (Lipinski definition) is 1. The molecule has 25 heavy (non-hydrogen) atoms. The van der Waals surface area contributed by atoms with Gasteiger partial charge in [-0.05, 0) is 49.4 Å². The fourth-order valence-electron chi connectivity index (χ4n) is 4.53. The quantitative estimate of drug-likeness (QED) is 0.866. The smallest absolute Gasteiger partial charge is 0.254 e. The van der Waals surface area contributed by atoms with Crippen LogP contribution in [0.2, 0.25) is 0 Å². The maximum absolute atomic E-state index is 13.1. The summed E-state index contributed by atoms with van der Waals surface area (Å²) < 4.78 is 11.2. The van der Waals surface area contributed by atoms with Gasteiger partial charge in [0.05, 0.1) is 6.20 Å². The molecule has 0 bridgehead atoms. The lowest BCUT2D eigenvalue weighted by molar-refractivity contribution is 0.0632. The van der Waals surface area contributed by atoms with E-state index in [1.165, 1.54) is 11.3 Å². The molecule has 3 heterocycles. The van der Waals surface area contributed by atoms with Gasteiger partial charge < -0.3 is 14.4 Å². The molecule has 6 heteroatoms. The van der Waals surface area contributed by atoms with E-state index in [9.17, 15) is 4.79 Å². The van der Waals surface area contributed by atoms with Gasteiger partial charge in [0.2, 0.25) is 0 Å². The fraction of sp³-hybridized carbons (Fsp3) is 0.474. The van der Waals surface area contributed by atoms with Crippen LogP contribution in [0.4, 0.5) is 0 Å². The number of nitrogens with zero attached hydrogens (tertiary/aromatic N) is 2. The summed E-state index contributed by atoms with van der Waals surface area (Å²) in [6.45, 7) is 2.65. The molecule has 0 saturated carbocycles. The number of aryl methyl sites for hydroxylation is 1. The van der Waals surface area contributed by atoms with Crippen LogP contribution in [0, 0.1) is 0 Å². The van der Waals surface area contributed by atoms with Crippen molar-refractivity contribution in [3.8, 4) is 11.5 Å². The van der Waals surface area contributed by atoms with Crippen molar-refractivity contribution in [2.45, 2.75) is 31.1 Å². The number of benzene rings is 1. The highest BCUT2D eigenvalue weighted by atomic mass is 16.6. The topological polar surface area (TPSA) is 67.5 Å². The molecule has 130 valence electrons. The summed E-state index contributed by atoms with van der Waals surface area (Å²) in [5, 5.41) is 7.40. The molecule has 1 saturated heterocycles. The Balaban J connectivity index is 1.41. The third kappa shape index (κ3) is 2.31. The molecule has 0 radical (unpaired) electrons. The van der Waals surface area contributed by atoms with Gasteiger partial charge in [0.15, 0.2) is 11.5 Å². The minimum atomic E-state index is 0.0492. The van der Waals surface area contributed by atoms with Gasteiger partial charge in [-0.15, -0.1) is 0 Å². The van der Waals surface area contributed by atoms with E-state index >= 15 is 0 Å². The number of fused-ring (bicyclic) bond motifs is 3. The Hall–Kier alpha value is -2.50. The van der Waals surface area contributed by atoms with Crippen molar-refractivity contribution in [1.82, 2.24) is 15.1 Å². The van der Waals surface area contributed by atoms with Gasteiger partial charge >= 0.3 is 0 Å². The second kappa shape index (κ2) is 5.51. The summed E-state index contributed by atoms with van der Waals surface area (Å²) in [5.41, 5.74) is 3.28. The zero-order valence-corrected chi connectivity index (χ0v) is 14.1. The molecular formula is C19H21N3O3. The monoisotopic (exact) mass is 339 g/mol. The minimum Gasteiger partial charge on any atom is -0.486 e. The highest BCUT2D eigenvalue weighted by Gasteiger charge is 2.44. The number of carbonyl (C=O) groups excluding carboxylic acids is 1. The molecule has 1 aliphatic carbocycles. The Morgan fingerprint density at radius 2 is 2.08 bits per heavy atom. The number of carbonyl (C=O) groups is 1. The van der Waals surface area contributed by atoms with Gasteiger partial charge in [-0.2, -0.15) is 5.10 Å². The molecule has 1 amide bonds. The molecule has 1 spiro atoms. The Kier molecular flexibility index (Phi) is 3.26. The molecule has 2 aromatic rings. The number of nitrogens with one attached hydrogen (secondary N) is 1. The number of likely N-dealkylation sites (tertiary alicyclic amines) is 1. The molecule has 1 aromatic carbocycles. The van der Waals surface area contributed by atoms with E-state index in [0.717, 1.165) is 44.5 Å². The van der Waals surface area contributed by atoms with Crippen molar-refractivity contribution in [2.24, 2.45) is 0 Å². The van der Waals surface area contributed by atoms with Crippen LogP contribution in [0.5, 0.6) is 11.5 Å². The Morgan fingerprint density at radius 1 is 1.20 bits per heavy atom. The van der Waals surface area contributed by atoms with Crippen molar-refractivity contribution in [3.05, 3.63) is 41.2 Å².